The molecule has 0 saturated carbocycles. The van der Waals surface area contributed by atoms with Crippen LogP contribution in [0.25, 0.3) is 22.1 Å². The van der Waals surface area contributed by atoms with E-state index in [4.69, 9.17) is 0 Å². The van der Waals surface area contributed by atoms with Gasteiger partial charge in [-0.05, 0) is 30.3 Å². The van der Waals surface area contributed by atoms with Gasteiger partial charge < -0.3 is 9.97 Å². The van der Waals surface area contributed by atoms with Crippen LogP contribution in [0.2, 0.25) is 0 Å². The van der Waals surface area contributed by atoms with Crippen molar-refractivity contribution in [3.63, 3.8) is 0 Å². The second-order valence-corrected chi connectivity index (χ2v) is 10.1. The normalized spacial score (nSPS) is 18.0. The van der Waals surface area contributed by atoms with E-state index in [1.807, 2.05) is 60.7 Å². The molecule has 170 valence electrons. The quantitative estimate of drug-likeness (QED) is 0.217. The molecular weight excluding hydrogens is 468 g/mol. The Bertz CT molecular complexity index is 1430. The minimum Gasteiger partial charge on any atom is -0.333 e. The number of imidazole rings is 2. The van der Waals surface area contributed by atoms with Gasteiger partial charge in [0.2, 0.25) is 6.04 Å². The first-order valence-corrected chi connectivity index (χ1v) is 12.8. The zero-order valence-corrected chi connectivity index (χ0v) is 19.6. The number of hydroxylamine groups is 1. The zero-order chi connectivity index (χ0) is 23.1. The molecule has 0 amide bonds. The number of hydrogen-bond donors (Lipinski definition) is 3. The zero-order valence-electron chi connectivity index (χ0n) is 18.0. The largest absolute Gasteiger partial charge is 0.333 e. The van der Waals surface area contributed by atoms with Gasteiger partial charge in [-0.3, -0.25) is 5.21 Å². The summed E-state index contributed by atoms with van der Waals surface area (Å²) in [4.78, 5) is 29.3. The van der Waals surface area contributed by atoms with Crippen LogP contribution in [0.5, 0.6) is 0 Å². The van der Waals surface area contributed by atoms with Crippen LogP contribution in [0.3, 0.4) is 0 Å². The second kappa shape index (κ2) is 8.79. The number of nitrogens with one attached hydrogen (secondary N) is 2. The molecule has 1 aliphatic heterocycles. The van der Waals surface area contributed by atoms with E-state index in [1.165, 1.54) is 28.6 Å². The lowest BCUT2D eigenvalue weighted by Gasteiger charge is -2.32. The van der Waals surface area contributed by atoms with Crippen LogP contribution in [-0.2, 0) is 0 Å². The molecule has 0 saturated heterocycles. The highest BCUT2D eigenvalue weighted by Gasteiger charge is 2.47. The van der Waals surface area contributed by atoms with Gasteiger partial charge in [0, 0.05) is 21.5 Å². The maximum Gasteiger partial charge on any atom is 0.281 e. The van der Waals surface area contributed by atoms with E-state index in [0.29, 0.717) is 22.9 Å². The summed E-state index contributed by atoms with van der Waals surface area (Å²) in [6, 6.07) is 21.9. The molecule has 1 aliphatic rings. The number of fused-ring (bicyclic) bond motifs is 3. The van der Waals surface area contributed by atoms with Crippen LogP contribution < -0.4 is 5.06 Å². The summed E-state index contributed by atoms with van der Waals surface area (Å²) in [7, 11) is 0. The average molecular weight is 490 g/mol. The first kappa shape index (κ1) is 21.2. The Morgan fingerprint density at radius 3 is 2.03 bits per heavy atom. The van der Waals surface area contributed by atoms with Crippen molar-refractivity contribution in [1.82, 2.24) is 19.9 Å². The Morgan fingerprint density at radius 1 is 0.824 bits per heavy atom. The number of nitroso groups, excluding NO2 is 1. The molecule has 0 spiro atoms. The summed E-state index contributed by atoms with van der Waals surface area (Å²) in [5, 5.41) is 13.9. The fourth-order valence-electron chi connectivity index (χ4n) is 4.21. The monoisotopic (exact) mass is 489 g/mol. The number of nitrogens with zero attached hydrogens (tertiary/aromatic N) is 4. The molecule has 0 bridgehead atoms. The van der Waals surface area contributed by atoms with Crippen molar-refractivity contribution >= 4 is 57.0 Å². The molecule has 3 aromatic carbocycles. The van der Waals surface area contributed by atoms with Crippen molar-refractivity contribution in [1.29, 1.82) is 0 Å². The van der Waals surface area contributed by atoms with E-state index in [0.717, 1.165) is 37.1 Å². The smallest absolute Gasteiger partial charge is 0.281 e. The summed E-state index contributed by atoms with van der Waals surface area (Å²) in [6.45, 7) is 0. The molecule has 0 fully saturated rings. The van der Waals surface area contributed by atoms with Crippen LogP contribution in [-0.4, -0.2) is 53.5 Å². The van der Waals surface area contributed by atoms with Crippen LogP contribution in [0.15, 0.2) is 83.1 Å². The molecule has 10 heteroatoms. The van der Waals surface area contributed by atoms with Gasteiger partial charge >= 0.3 is 0 Å². The number of hydrogen-bond acceptors (Lipinski definition) is 7. The summed E-state index contributed by atoms with van der Waals surface area (Å²) in [6.07, 6.45) is 0. The summed E-state index contributed by atoms with van der Waals surface area (Å²) >= 11 is 2.98. The lowest BCUT2D eigenvalue weighted by molar-refractivity contribution is -0.508. The Balaban J connectivity index is 1.26. The third-order valence-electron chi connectivity index (χ3n) is 5.94. The maximum atomic E-state index is 13.4. The van der Waals surface area contributed by atoms with Crippen LogP contribution in [0.1, 0.15) is 0 Å². The molecule has 2 atom stereocenters. The molecule has 3 heterocycles. The van der Waals surface area contributed by atoms with Crippen LogP contribution >= 0.6 is 23.5 Å². The number of anilines is 1. The Morgan fingerprint density at radius 2 is 1.38 bits per heavy atom. The molecule has 34 heavy (non-hydrogen) atoms. The number of aromatic amines is 2. The van der Waals surface area contributed by atoms with Crippen LogP contribution in [0.4, 0.5) is 11.4 Å². The molecule has 5 aromatic rings. The van der Waals surface area contributed by atoms with Gasteiger partial charge in [0.1, 0.15) is 11.7 Å². The van der Waals surface area contributed by atoms with E-state index in [2.05, 4.69) is 19.9 Å². The van der Waals surface area contributed by atoms with Crippen molar-refractivity contribution in [2.45, 2.75) is 22.4 Å². The highest BCUT2D eigenvalue weighted by Crippen LogP contribution is 2.38. The molecule has 0 radical (unpaired) electrons. The van der Waals surface area contributed by atoms with Crippen molar-refractivity contribution in [3.05, 3.63) is 77.7 Å². The Labute approximate surface area is 203 Å². The van der Waals surface area contributed by atoms with Crippen LogP contribution in [0, 0.1) is 4.91 Å². The molecule has 0 unspecified atom stereocenters. The van der Waals surface area contributed by atoms with Gasteiger partial charge in [-0.2, -0.15) is 0 Å². The molecule has 2 aromatic heterocycles. The van der Waals surface area contributed by atoms with Gasteiger partial charge in [0.25, 0.3) is 5.69 Å². The van der Waals surface area contributed by atoms with Gasteiger partial charge in [0.15, 0.2) is 10.3 Å². The fraction of sp³-hybridized carbons (Fsp3) is 0.167. The lowest BCUT2D eigenvalue weighted by Crippen LogP contribution is -2.52. The topological polar surface area (TPSA) is 101 Å². The lowest BCUT2D eigenvalue weighted by atomic mass is 10.1. The Hall–Kier alpha value is -3.34. The summed E-state index contributed by atoms with van der Waals surface area (Å²) in [5.41, 5.74) is 4.67. The molecule has 6 rings (SSSR count). The number of para-hydroxylation sites is 6. The molecule has 8 nitrogen and oxygen atoms in total. The van der Waals surface area contributed by atoms with E-state index in [9.17, 15) is 10.1 Å². The summed E-state index contributed by atoms with van der Waals surface area (Å²) in [5.74, 6) is 0.939. The van der Waals surface area contributed by atoms with Crippen molar-refractivity contribution in [2.24, 2.45) is 0 Å². The van der Waals surface area contributed by atoms with Crippen molar-refractivity contribution < 1.29 is 9.97 Å². The Kier molecular flexibility index (Phi) is 5.48. The molecule has 0 aliphatic carbocycles. The number of aromatic nitrogens is 4. The van der Waals surface area contributed by atoms with Gasteiger partial charge in [-0.15, -0.1) is 0 Å². The fourth-order valence-corrected chi connectivity index (χ4v) is 6.27. The predicted octanol–water partition coefficient (Wildman–Crippen LogP) is 5.38. The highest BCUT2D eigenvalue weighted by molar-refractivity contribution is 7.99. The number of benzene rings is 3. The van der Waals surface area contributed by atoms with E-state index in [1.54, 1.807) is 12.1 Å². The third-order valence-corrected chi connectivity index (χ3v) is 7.89. The first-order valence-electron chi connectivity index (χ1n) is 10.9. The van der Waals surface area contributed by atoms with Gasteiger partial charge in [-0.1, -0.05) is 59.9 Å². The van der Waals surface area contributed by atoms with E-state index in [-0.39, 0.29) is 0 Å². The second-order valence-electron chi connectivity index (χ2n) is 8.03. The molecular formula is C24H21N6O2S2+. The van der Waals surface area contributed by atoms with E-state index >= 15 is 0 Å². The number of rotatable bonds is 6. The average Bonchev–Trinajstić information content (AvgIpc) is 3.48. The minimum atomic E-state index is -0.491. The van der Waals surface area contributed by atoms with Gasteiger partial charge in [0.05, 0.1) is 27.8 Å². The minimum absolute atomic E-state index is 0.442. The summed E-state index contributed by atoms with van der Waals surface area (Å²) < 4.78 is 1.03. The number of thioether (sulfide) groups is 2. The van der Waals surface area contributed by atoms with Gasteiger partial charge in [-0.25, -0.2) is 15.0 Å². The SMILES string of the molecule is O=[N+]1c2ccccc2N(O)[C@@H](CSc2nc3ccccc3[nH]2)[C@H]1CSc1nc2ccccc2[nH]1. The van der Waals surface area contributed by atoms with Crippen molar-refractivity contribution in [2.75, 3.05) is 16.6 Å². The number of H-pyrrole nitrogens is 2. The third kappa shape index (κ3) is 3.83. The first-order chi connectivity index (χ1) is 16.7. The van der Waals surface area contributed by atoms with Crippen molar-refractivity contribution in [3.8, 4) is 0 Å². The highest BCUT2D eigenvalue weighted by atomic mass is 32.2. The maximum absolute atomic E-state index is 13.4. The predicted molar refractivity (Wildman–Crippen MR) is 135 cm³/mol. The van der Waals surface area contributed by atoms with E-state index < -0.39 is 12.1 Å². The molecule has 3 N–H and O–H groups in total. The standard InChI is InChI=1S/C24H21N6O2S2/c31-29-19-11-5-6-12-20(19)30(32)22(14-34-24-27-17-9-3-4-10-18(17)28-24)21(29)13-33-23-25-15-7-1-2-8-16(15)26-23/h1-12,21-22,31H,13-14H2,(H,25,26)(H,27,28)/q+1/t21-,22+/m0/s1.